The van der Waals surface area contributed by atoms with Crippen LogP contribution in [-0.4, -0.2) is 24.2 Å². The Bertz CT molecular complexity index is 366. The molecular formula is C13H18ClNOS. The van der Waals surface area contributed by atoms with E-state index in [0.29, 0.717) is 12.6 Å². The van der Waals surface area contributed by atoms with Gasteiger partial charge in [-0.25, -0.2) is 0 Å². The van der Waals surface area contributed by atoms with Crippen LogP contribution in [0.2, 0.25) is 5.02 Å². The molecule has 0 unspecified atom stereocenters. The van der Waals surface area contributed by atoms with Crippen molar-refractivity contribution < 1.29 is 4.74 Å². The standard InChI is InChI=1S/C13H18ClNOS/c1-2-16-13-4-3-10(14)9-12(13)15-11-5-7-17-8-6-11/h3-4,9,11,15H,2,5-8H2,1H3. The Hall–Kier alpha value is -0.540. The molecule has 0 amide bonds. The van der Waals surface area contributed by atoms with E-state index in [1.54, 1.807) is 0 Å². The van der Waals surface area contributed by atoms with Crippen LogP contribution in [0.15, 0.2) is 18.2 Å². The maximum absolute atomic E-state index is 6.04. The Morgan fingerprint density at radius 2 is 2.18 bits per heavy atom. The highest BCUT2D eigenvalue weighted by molar-refractivity contribution is 7.99. The van der Waals surface area contributed by atoms with Crippen LogP contribution < -0.4 is 10.1 Å². The van der Waals surface area contributed by atoms with Crippen molar-refractivity contribution in [3.63, 3.8) is 0 Å². The predicted molar refractivity (Wildman–Crippen MR) is 76.6 cm³/mol. The Balaban J connectivity index is 2.08. The van der Waals surface area contributed by atoms with Crippen LogP contribution in [-0.2, 0) is 0 Å². The number of thioether (sulfide) groups is 1. The molecule has 2 rings (SSSR count). The van der Waals surface area contributed by atoms with Crippen LogP contribution in [0.3, 0.4) is 0 Å². The Morgan fingerprint density at radius 1 is 1.41 bits per heavy atom. The molecule has 1 aliphatic rings. The molecule has 17 heavy (non-hydrogen) atoms. The lowest BCUT2D eigenvalue weighted by molar-refractivity contribution is 0.341. The fraction of sp³-hybridized carbons (Fsp3) is 0.538. The number of nitrogens with one attached hydrogen (secondary N) is 1. The molecular weight excluding hydrogens is 254 g/mol. The topological polar surface area (TPSA) is 21.3 Å². The van der Waals surface area contributed by atoms with Gasteiger partial charge in [-0.2, -0.15) is 11.8 Å². The Kier molecular flexibility index (Phi) is 4.86. The van der Waals surface area contributed by atoms with Crippen molar-refractivity contribution in [1.82, 2.24) is 0 Å². The first kappa shape index (κ1) is 12.9. The zero-order valence-electron chi connectivity index (χ0n) is 10.0. The van der Waals surface area contributed by atoms with E-state index >= 15 is 0 Å². The maximum Gasteiger partial charge on any atom is 0.142 e. The molecule has 0 bridgehead atoms. The van der Waals surface area contributed by atoms with Crippen molar-refractivity contribution in [3.05, 3.63) is 23.2 Å². The molecule has 4 heteroatoms. The monoisotopic (exact) mass is 271 g/mol. The van der Waals surface area contributed by atoms with E-state index in [1.807, 2.05) is 36.9 Å². The summed E-state index contributed by atoms with van der Waals surface area (Å²) in [7, 11) is 0. The van der Waals surface area contributed by atoms with Gasteiger partial charge in [-0.3, -0.25) is 0 Å². The van der Waals surface area contributed by atoms with E-state index in [-0.39, 0.29) is 0 Å². The van der Waals surface area contributed by atoms with E-state index in [4.69, 9.17) is 16.3 Å². The molecule has 1 aromatic carbocycles. The Morgan fingerprint density at radius 3 is 2.88 bits per heavy atom. The number of benzene rings is 1. The lowest BCUT2D eigenvalue weighted by atomic mass is 10.1. The van der Waals surface area contributed by atoms with E-state index in [2.05, 4.69) is 5.32 Å². The van der Waals surface area contributed by atoms with E-state index in [9.17, 15) is 0 Å². The number of rotatable bonds is 4. The summed E-state index contributed by atoms with van der Waals surface area (Å²) in [6.07, 6.45) is 2.42. The van der Waals surface area contributed by atoms with Crippen molar-refractivity contribution in [2.75, 3.05) is 23.4 Å². The quantitative estimate of drug-likeness (QED) is 0.893. The van der Waals surface area contributed by atoms with Gasteiger partial charge in [0.2, 0.25) is 0 Å². The average molecular weight is 272 g/mol. The summed E-state index contributed by atoms with van der Waals surface area (Å²) in [5.41, 5.74) is 1.02. The van der Waals surface area contributed by atoms with Gasteiger partial charge in [0.15, 0.2) is 0 Å². The van der Waals surface area contributed by atoms with Gasteiger partial charge in [-0.1, -0.05) is 11.6 Å². The highest BCUT2D eigenvalue weighted by Crippen LogP contribution is 2.30. The summed E-state index contributed by atoms with van der Waals surface area (Å²) in [6, 6.07) is 6.31. The molecule has 1 N–H and O–H groups in total. The van der Waals surface area contributed by atoms with Crippen molar-refractivity contribution in [1.29, 1.82) is 0 Å². The van der Waals surface area contributed by atoms with Crippen LogP contribution in [0.4, 0.5) is 5.69 Å². The highest BCUT2D eigenvalue weighted by atomic mass is 35.5. The van der Waals surface area contributed by atoms with Crippen molar-refractivity contribution in [2.24, 2.45) is 0 Å². The molecule has 0 saturated carbocycles. The number of hydrogen-bond donors (Lipinski definition) is 1. The molecule has 0 aliphatic carbocycles. The summed E-state index contributed by atoms with van der Waals surface area (Å²) in [5.74, 6) is 3.37. The fourth-order valence-electron chi connectivity index (χ4n) is 1.96. The molecule has 0 spiro atoms. The fourth-order valence-corrected chi connectivity index (χ4v) is 3.24. The third-order valence-corrected chi connectivity index (χ3v) is 4.11. The molecule has 0 atom stereocenters. The average Bonchev–Trinajstić information content (AvgIpc) is 2.34. The molecule has 94 valence electrons. The van der Waals surface area contributed by atoms with Crippen molar-refractivity contribution >= 4 is 29.1 Å². The lowest BCUT2D eigenvalue weighted by Gasteiger charge is -2.24. The van der Waals surface area contributed by atoms with Gasteiger partial charge in [0.05, 0.1) is 12.3 Å². The molecule has 1 saturated heterocycles. The maximum atomic E-state index is 6.04. The normalized spacial score (nSPS) is 16.8. The highest BCUT2D eigenvalue weighted by Gasteiger charge is 2.15. The minimum absolute atomic E-state index is 0.550. The second-order valence-corrected chi connectivity index (χ2v) is 5.77. The summed E-state index contributed by atoms with van der Waals surface area (Å²) >= 11 is 8.06. The lowest BCUT2D eigenvalue weighted by Crippen LogP contribution is -2.24. The van der Waals surface area contributed by atoms with Crippen LogP contribution >= 0.6 is 23.4 Å². The van der Waals surface area contributed by atoms with Gasteiger partial charge in [0, 0.05) is 11.1 Å². The summed E-state index contributed by atoms with van der Waals surface area (Å²) in [6.45, 7) is 2.67. The van der Waals surface area contributed by atoms with E-state index in [1.165, 1.54) is 24.3 Å². The summed E-state index contributed by atoms with van der Waals surface area (Å²) in [4.78, 5) is 0. The molecule has 1 fully saturated rings. The first-order valence-electron chi connectivity index (χ1n) is 6.06. The summed E-state index contributed by atoms with van der Waals surface area (Å²) < 4.78 is 5.61. The minimum atomic E-state index is 0.550. The second-order valence-electron chi connectivity index (χ2n) is 4.10. The van der Waals surface area contributed by atoms with Crippen molar-refractivity contribution in [3.8, 4) is 5.75 Å². The molecule has 1 heterocycles. The SMILES string of the molecule is CCOc1ccc(Cl)cc1NC1CCSCC1. The molecule has 2 nitrogen and oxygen atoms in total. The molecule has 0 radical (unpaired) electrons. The number of ether oxygens (including phenoxy) is 1. The number of hydrogen-bond acceptors (Lipinski definition) is 3. The molecule has 0 aromatic heterocycles. The van der Waals surface area contributed by atoms with Gasteiger partial charge in [-0.05, 0) is 49.5 Å². The largest absolute Gasteiger partial charge is 0.492 e. The zero-order chi connectivity index (χ0) is 12.1. The first-order valence-corrected chi connectivity index (χ1v) is 7.59. The van der Waals surface area contributed by atoms with Crippen LogP contribution in [0.1, 0.15) is 19.8 Å². The Labute approximate surface area is 112 Å². The van der Waals surface area contributed by atoms with E-state index in [0.717, 1.165) is 16.5 Å². The predicted octanol–water partition coefficient (Wildman–Crippen LogP) is 4.05. The second kappa shape index (κ2) is 6.41. The minimum Gasteiger partial charge on any atom is -0.492 e. The summed E-state index contributed by atoms with van der Waals surface area (Å²) in [5, 5.41) is 4.30. The van der Waals surface area contributed by atoms with Gasteiger partial charge in [-0.15, -0.1) is 0 Å². The van der Waals surface area contributed by atoms with Crippen LogP contribution in [0.25, 0.3) is 0 Å². The van der Waals surface area contributed by atoms with Crippen LogP contribution in [0, 0.1) is 0 Å². The van der Waals surface area contributed by atoms with Crippen molar-refractivity contribution in [2.45, 2.75) is 25.8 Å². The van der Waals surface area contributed by atoms with Gasteiger partial charge < -0.3 is 10.1 Å². The third kappa shape index (κ3) is 3.71. The number of halogens is 1. The smallest absolute Gasteiger partial charge is 0.142 e. The molecule has 1 aliphatic heterocycles. The zero-order valence-corrected chi connectivity index (χ0v) is 11.6. The van der Waals surface area contributed by atoms with Gasteiger partial charge in [0.1, 0.15) is 5.75 Å². The van der Waals surface area contributed by atoms with Crippen LogP contribution in [0.5, 0.6) is 5.75 Å². The third-order valence-electron chi connectivity index (χ3n) is 2.82. The first-order chi connectivity index (χ1) is 8.29. The van der Waals surface area contributed by atoms with E-state index < -0.39 is 0 Å². The molecule has 1 aromatic rings. The number of anilines is 1. The van der Waals surface area contributed by atoms with Gasteiger partial charge in [0.25, 0.3) is 0 Å². The van der Waals surface area contributed by atoms with Gasteiger partial charge >= 0.3 is 0 Å².